The molecule has 4 nitrogen and oxygen atoms in total. The predicted molar refractivity (Wildman–Crippen MR) is 77.9 cm³/mol. The molecule has 0 spiro atoms. The van der Waals surface area contributed by atoms with Crippen molar-refractivity contribution in [1.82, 2.24) is 0 Å². The van der Waals surface area contributed by atoms with Gasteiger partial charge in [-0.25, -0.2) is 4.39 Å². The molecule has 0 amide bonds. The van der Waals surface area contributed by atoms with Gasteiger partial charge in [-0.1, -0.05) is 0 Å². The Kier molecular flexibility index (Phi) is 4.98. The lowest BCUT2D eigenvalue weighted by molar-refractivity contribution is -0.0983. The first-order valence-corrected chi connectivity index (χ1v) is 6.76. The largest absolute Gasteiger partial charge is 0.494 e. The van der Waals surface area contributed by atoms with Crippen LogP contribution in [0.1, 0.15) is 33.3 Å². The Morgan fingerprint density at radius 1 is 1.35 bits per heavy atom. The fourth-order valence-electron chi connectivity index (χ4n) is 1.32. The highest BCUT2D eigenvalue weighted by atomic mass is 79.9. The topological polar surface area (TPSA) is 73.5 Å². The zero-order valence-electron chi connectivity index (χ0n) is 11.7. The molecule has 20 heavy (non-hydrogen) atoms. The van der Waals surface area contributed by atoms with Crippen LogP contribution in [-0.2, 0) is 4.65 Å². The molecular weight excluding hydrogens is 328 g/mol. The minimum atomic E-state index is -1.56. The molecule has 0 aliphatic carbocycles. The molecule has 0 bridgehead atoms. The summed E-state index contributed by atoms with van der Waals surface area (Å²) in [5.41, 5.74) is -2.30. The maximum atomic E-state index is 13.9. The van der Waals surface area contributed by atoms with Crippen LogP contribution in [0.3, 0.4) is 0 Å². The van der Waals surface area contributed by atoms with E-state index in [0.717, 1.165) is 6.07 Å². The lowest BCUT2D eigenvalue weighted by atomic mass is 9.76. The van der Waals surface area contributed by atoms with Gasteiger partial charge >= 0.3 is 7.12 Å². The first kappa shape index (κ1) is 17.1. The van der Waals surface area contributed by atoms with E-state index in [4.69, 9.17) is 9.92 Å². The molecule has 0 aromatic heterocycles. The van der Waals surface area contributed by atoms with Gasteiger partial charge in [0, 0.05) is 9.94 Å². The summed E-state index contributed by atoms with van der Waals surface area (Å²) < 4.78 is 19.6. The quantitative estimate of drug-likeness (QED) is 0.816. The number of hydrogen-bond donors (Lipinski definition) is 2. The van der Waals surface area contributed by atoms with E-state index >= 15 is 0 Å². The maximum absolute atomic E-state index is 13.9. The third-order valence-corrected chi connectivity index (χ3v) is 4.01. The van der Waals surface area contributed by atoms with Gasteiger partial charge in [0.05, 0.1) is 16.8 Å². The second-order valence-corrected chi connectivity index (χ2v) is 6.36. The number of nitriles is 1. The van der Waals surface area contributed by atoms with Crippen molar-refractivity contribution in [2.24, 2.45) is 0 Å². The van der Waals surface area contributed by atoms with Gasteiger partial charge < -0.3 is 14.8 Å². The van der Waals surface area contributed by atoms with Crippen molar-refractivity contribution in [2.75, 3.05) is 0 Å². The Morgan fingerprint density at radius 2 is 1.90 bits per heavy atom. The SMILES string of the molecule is CC(C)(O)C(C)(C)OB(O)c1cc(Br)c(C#N)cc1F. The molecular formula is C13H16BBrFNO3. The number of aliphatic hydroxyl groups is 1. The van der Waals surface area contributed by atoms with Gasteiger partial charge in [0.1, 0.15) is 11.9 Å². The minimum absolute atomic E-state index is 0.104. The van der Waals surface area contributed by atoms with Crippen LogP contribution < -0.4 is 5.46 Å². The second kappa shape index (κ2) is 5.82. The number of rotatable bonds is 4. The van der Waals surface area contributed by atoms with Crippen LogP contribution in [0.15, 0.2) is 16.6 Å². The molecule has 0 aliphatic rings. The molecule has 0 unspecified atom stereocenters. The Labute approximate surface area is 126 Å². The normalized spacial score (nSPS) is 12.2. The van der Waals surface area contributed by atoms with Gasteiger partial charge in [-0.15, -0.1) is 0 Å². The molecule has 2 N–H and O–H groups in total. The van der Waals surface area contributed by atoms with Gasteiger partial charge in [-0.05, 0) is 55.8 Å². The van der Waals surface area contributed by atoms with E-state index in [0.29, 0.717) is 4.47 Å². The van der Waals surface area contributed by atoms with Crippen molar-refractivity contribution in [1.29, 1.82) is 5.26 Å². The molecule has 0 aliphatic heterocycles. The summed E-state index contributed by atoms with van der Waals surface area (Å²) in [4.78, 5) is 0. The predicted octanol–water partition coefficient (Wildman–Crippen LogP) is 1.71. The molecule has 1 aromatic rings. The van der Waals surface area contributed by atoms with Crippen LogP contribution >= 0.6 is 15.9 Å². The van der Waals surface area contributed by atoms with E-state index in [1.807, 2.05) is 6.07 Å². The summed E-state index contributed by atoms with van der Waals surface area (Å²) >= 11 is 3.12. The standard InChI is InChI=1S/C13H16BBrFNO3/c1-12(2,18)13(3,4)20-14(19)9-6-10(15)8(7-17)5-11(9)16/h5-6,18-19H,1-4H3. The summed E-state index contributed by atoms with van der Waals surface area (Å²) in [6.07, 6.45) is 0. The van der Waals surface area contributed by atoms with Crippen LogP contribution in [0, 0.1) is 17.1 Å². The van der Waals surface area contributed by atoms with Crippen molar-refractivity contribution in [3.8, 4) is 6.07 Å². The van der Waals surface area contributed by atoms with Crippen molar-refractivity contribution in [3.63, 3.8) is 0 Å². The van der Waals surface area contributed by atoms with Gasteiger partial charge in [0.2, 0.25) is 0 Å². The highest BCUT2D eigenvalue weighted by molar-refractivity contribution is 9.10. The number of hydrogen-bond acceptors (Lipinski definition) is 4. The first-order valence-electron chi connectivity index (χ1n) is 5.97. The van der Waals surface area contributed by atoms with E-state index in [9.17, 15) is 14.5 Å². The monoisotopic (exact) mass is 343 g/mol. The van der Waals surface area contributed by atoms with Crippen molar-refractivity contribution < 1.29 is 19.2 Å². The van der Waals surface area contributed by atoms with Crippen molar-refractivity contribution >= 4 is 28.5 Å². The average molecular weight is 344 g/mol. The number of benzene rings is 1. The molecule has 0 radical (unpaired) electrons. The highest BCUT2D eigenvalue weighted by Crippen LogP contribution is 2.26. The summed E-state index contributed by atoms with van der Waals surface area (Å²) in [5.74, 6) is -0.746. The lowest BCUT2D eigenvalue weighted by Crippen LogP contribution is -2.53. The summed E-state index contributed by atoms with van der Waals surface area (Å²) in [6, 6.07) is 4.13. The van der Waals surface area contributed by atoms with Crippen molar-refractivity contribution in [2.45, 2.75) is 38.9 Å². The molecule has 108 valence electrons. The second-order valence-electron chi connectivity index (χ2n) is 5.50. The summed E-state index contributed by atoms with van der Waals surface area (Å²) in [5, 5.41) is 28.8. The molecule has 0 heterocycles. The Morgan fingerprint density at radius 3 is 2.35 bits per heavy atom. The van der Waals surface area contributed by atoms with Crippen LogP contribution in [0.4, 0.5) is 4.39 Å². The first-order chi connectivity index (χ1) is 8.99. The van der Waals surface area contributed by atoms with Crippen LogP contribution in [0.5, 0.6) is 0 Å². The van der Waals surface area contributed by atoms with E-state index < -0.39 is 24.1 Å². The fraction of sp³-hybridized carbons (Fsp3) is 0.462. The zero-order chi connectivity index (χ0) is 15.7. The molecule has 0 fully saturated rings. The van der Waals surface area contributed by atoms with Crippen LogP contribution in [0.2, 0.25) is 0 Å². The van der Waals surface area contributed by atoms with E-state index in [1.165, 1.54) is 19.9 Å². The van der Waals surface area contributed by atoms with E-state index in [1.54, 1.807) is 13.8 Å². The molecule has 0 saturated carbocycles. The summed E-state index contributed by atoms with van der Waals surface area (Å²) in [6.45, 7) is 6.25. The third kappa shape index (κ3) is 3.58. The Hall–Kier alpha value is -0.935. The Bertz CT molecular complexity index is 552. The van der Waals surface area contributed by atoms with Crippen LogP contribution in [-0.4, -0.2) is 28.5 Å². The number of halogens is 2. The molecule has 1 rings (SSSR count). The fourth-order valence-corrected chi connectivity index (χ4v) is 1.77. The minimum Gasteiger partial charge on any atom is -0.423 e. The van der Waals surface area contributed by atoms with Gasteiger partial charge in [0.15, 0.2) is 0 Å². The van der Waals surface area contributed by atoms with E-state index in [2.05, 4.69) is 15.9 Å². The van der Waals surface area contributed by atoms with Crippen molar-refractivity contribution in [3.05, 3.63) is 28.0 Å². The molecule has 0 saturated heterocycles. The van der Waals surface area contributed by atoms with Gasteiger partial charge in [-0.2, -0.15) is 5.26 Å². The third-order valence-electron chi connectivity index (χ3n) is 3.35. The molecule has 1 aromatic carbocycles. The summed E-state index contributed by atoms with van der Waals surface area (Å²) in [7, 11) is -1.56. The average Bonchev–Trinajstić information content (AvgIpc) is 2.29. The Balaban J connectivity index is 3.09. The smallest absolute Gasteiger partial charge is 0.423 e. The lowest BCUT2D eigenvalue weighted by Gasteiger charge is -2.38. The van der Waals surface area contributed by atoms with E-state index in [-0.39, 0.29) is 11.0 Å². The zero-order valence-corrected chi connectivity index (χ0v) is 13.3. The van der Waals surface area contributed by atoms with Crippen LogP contribution in [0.25, 0.3) is 0 Å². The molecule has 7 heteroatoms. The van der Waals surface area contributed by atoms with Gasteiger partial charge in [-0.3, -0.25) is 0 Å². The van der Waals surface area contributed by atoms with Gasteiger partial charge in [0.25, 0.3) is 0 Å². The maximum Gasteiger partial charge on any atom is 0.494 e. The highest BCUT2D eigenvalue weighted by Gasteiger charge is 2.40. The molecule has 0 atom stereocenters. The number of nitrogens with zero attached hydrogens (tertiary/aromatic N) is 1.